The van der Waals surface area contributed by atoms with Crippen LogP contribution in [0.5, 0.6) is 0 Å². The largest absolute Gasteiger partial charge is 0.355 e. The summed E-state index contributed by atoms with van der Waals surface area (Å²) in [4.78, 5) is 30.7. The summed E-state index contributed by atoms with van der Waals surface area (Å²) in [5.74, 6) is 0.363. The van der Waals surface area contributed by atoms with Crippen molar-refractivity contribution in [1.82, 2.24) is 20.4 Å². The van der Waals surface area contributed by atoms with Crippen LogP contribution in [0.1, 0.15) is 35.0 Å². The number of likely N-dealkylation sites (tertiary alicyclic amines) is 1. The molecule has 4 rings (SSSR count). The number of carbonyl (C=O) groups is 2. The molecular formula is C23H24FN5O3. The molecule has 1 fully saturated rings. The van der Waals surface area contributed by atoms with E-state index in [0.717, 1.165) is 19.4 Å². The maximum absolute atomic E-state index is 13.1. The Kier molecular flexibility index (Phi) is 6.55. The zero-order valence-corrected chi connectivity index (χ0v) is 17.7. The lowest BCUT2D eigenvalue weighted by Crippen LogP contribution is -2.39. The quantitative estimate of drug-likeness (QED) is 0.615. The van der Waals surface area contributed by atoms with Crippen LogP contribution in [0.3, 0.4) is 0 Å². The van der Waals surface area contributed by atoms with E-state index in [1.54, 1.807) is 43.4 Å². The number of carbonyl (C=O) groups excluding carboxylic acids is 2. The van der Waals surface area contributed by atoms with Gasteiger partial charge in [0, 0.05) is 30.4 Å². The predicted octanol–water partition coefficient (Wildman–Crippen LogP) is 3.05. The summed E-state index contributed by atoms with van der Waals surface area (Å²) < 4.78 is 18.6. The molecule has 1 aliphatic rings. The van der Waals surface area contributed by atoms with Crippen LogP contribution in [0.2, 0.25) is 0 Å². The minimum Gasteiger partial charge on any atom is -0.355 e. The summed E-state index contributed by atoms with van der Waals surface area (Å²) in [6.07, 6.45) is 1.80. The van der Waals surface area contributed by atoms with Gasteiger partial charge in [-0.25, -0.2) is 4.39 Å². The predicted molar refractivity (Wildman–Crippen MR) is 117 cm³/mol. The molecule has 2 heterocycles. The van der Waals surface area contributed by atoms with Gasteiger partial charge < -0.3 is 15.2 Å². The van der Waals surface area contributed by atoms with E-state index in [0.29, 0.717) is 35.1 Å². The highest BCUT2D eigenvalue weighted by Gasteiger charge is 2.27. The van der Waals surface area contributed by atoms with E-state index in [2.05, 4.69) is 25.7 Å². The molecule has 3 aromatic rings. The zero-order valence-electron chi connectivity index (χ0n) is 17.7. The smallest absolute Gasteiger partial charge is 0.251 e. The molecule has 166 valence electrons. The molecule has 1 aliphatic heterocycles. The van der Waals surface area contributed by atoms with Crippen molar-refractivity contribution < 1.29 is 18.5 Å². The lowest BCUT2D eigenvalue weighted by Gasteiger charge is -2.30. The lowest BCUT2D eigenvalue weighted by atomic mass is 9.98. The van der Waals surface area contributed by atoms with Gasteiger partial charge in [-0.15, -0.1) is 0 Å². The molecule has 0 bridgehead atoms. The van der Waals surface area contributed by atoms with Crippen molar-refractivity contribution in [1.29, 1.82) is 0 Å². The van der Waals surface area contributed by atoms with E-state index in [1.807, 2.05) is 0 Å². The summed E-state index contributed by atoms with van der Waals surface area (Å²) >= 11 is 0. The molecule has 2 aromatic carbocycles. The van der Waals surface area contributed by atoms with Gasteiger partial charge in [0.05, 0.1) is 12.5 Å². The number of benzene rings is 2. The van der Waals surface area contributed by atoms with Gasteiger partial charge in [-0.2, -0.15) is 4.98 Å². The van der Waals surface area contributed by atoms with Crippen molar-refractivity contribution in [2.45, 2.75) is 18.8 Å². The molecule has 32 heavy (non-hydrogen) atoms. The Hall–Kier alpha value is -3.59. The van der Waals surface area contributed by atoms with E-state index in [-0.39, 0.29) is 30.1 Å². The summed E-state index contributed by atoms with van der Waals surface area (Å²) in [6.45, 7) is 1.68. The number of anilines is 1. The SMILES string of the molecule is CNC(=O)c1ccc(NC(=O)CN2CCCC(c3nc(-c4ccc(F)cc4)no3)C2)cc1. The van der Waals surface area contributed by atoms with Crippen molar-refractivity contribution in [3.63, 3.8) is 0 Å². The molecule has 9 heteroatoms. The molecule has 0 saturated carbocycles. The normalized spacial score (nSPS) is 16.5. The van der Waals surface area contributed by atoms with Gasteiger partial charge in [-0.1, -0.05) is 5.16 Å². The van der Waals surface area contributed by atoms with E-state index in [9.17, 15) is 14.0 Å². The fraction of sp³-hybridized carbons (Fsp3) is 0.304. The second kappa shape index (κ2) is 9.69. The number of nitrogens with one attached hydrogen (secondary N) is 2. The van der Waals surface area contributed by atoms with Crippen LogP contribution in [0, 0.1) is 5.82 Å². The molecule has 1 aromatic heterocycles. The molecule has 2 N–H and O–H groups in total. The van der Waals surface area contributed by atoms with E-state index in [1.165, 1.54) is 12.1 Å². The lowest BCUT2D eigenvalue weighted by molar-refractivity contribution is -0.117. The van der Waals surface area contributed by atoms with Crippen molar-refractivity contribution in [2.24, 2.45) is 0 Å². The Balaban J connectivity index is 1.33. The number of rotatable bonds is 6. The number of hydrogen-bond acceptors (Lipinski definition) is 6. The van der Waals surface area contributed by atoms with Crippen LogP contribution in [-0.4, -0.2) is 53.5 Å². The van der Waals surface area contributed by atoms with Gasteiger partial charge in [0.15, 0.2) is 0 Å². The number of halogens is 1. The average molecular weight is 437 g/mol. The standard InChI is InChI=1S/C23H24FN5O3/c1-25-22(31)16-6-10-19(11-7-16)26-20(30)14-29-12-2-3-17(13-29)23-27-21(28-32-23)15-4-8-18(24)9-5-15/h4-11,17H,2-3,12-14H2,1H3,(H,25,31)(H,26,30). The Morgan fingerprint density at radius 1 is 1.16 bits per heavy atom. The Morgan fingerprint density at radius 2 is 1.91 bits per heavy atom. The van der Waals surface area contributed by atoms with Gasteiger partial charge in [-0.05, 0) is 67.9 Å². The maximum Gasteiger partial charge on any atom is 0.251 e. The number of piperidine rings is 1. The first-order chi connectivity index (χ1) is 15.5. The maximum atomic E-state index is 13.1. The molecule has 2 amide bonds. The highest BCUT2D eigenvalue weighted by molar-refractivity contribution is 5.96. The van der Waals surface area contributed by atoms with Crippen LogP contribution in [-0.2, 0) is 4.79 Å². The molecule has 0 aliphatic carbocycles. The molecule has 1 unspecified atom stereocenters. The van der Waals surface area contributed by atoms with Gasteiger partial charge in [0.25, 0.3) is 5.91 Å². The first-order valence-electron chi connectivity index (χ1n) is 10.5. The monoisotopic (exact) mass is 437 g/mol. The third-order valence-corrected chi connectivity index (χ3v) is 5.42. The Labute approximate surface area is 184 Å². The van der Waals surface area contributed by atoms with Crippen LogP contribution in [0.4, 0.5) is 10.1 Å². The van der Waals surface area contributed by atoms with Crippen molar-refractivity contribution in [3.05, 3.63) is 65.8 Å². The Morgan fingerprint density at radius 3 is 2.62 bits per heavy atom. The zero-order chi connectivity index (χ0) is 22.5. The number of amides is 2. The van der Waals surface area contributed by atoms with Gasteiger partial charge in [0.1, 0.15) is 5.82 Å². The molecule has 1 atom stereocenters. The van der Waals surface area contributed by atoms with E-state index < -0.39 is 0 Å². The van der Waals surface area contributed by atoms with Crippen molar-refractivity contribution in [3.8, 4) is 11.4 Å². The molecule has 0 radical (unpaired) electrons. The van der Waals surface area contributed by atoms with Crippen molar-refractivity contribution >= 4 is 17.5 Å². The minimum absolute atomic E-state index is 0.0325. The average Bonchev–Trinajstić information content (AvgIpc) is 3.30. The second-order valence-electron chi connectivity index (χ2n) is 7.74. The first-order valence-corrected chi connectivity index (χ1v) is 10.5. The summed E-state index contributed by atoms with van der Waals surface area (Å²) in [5, 5.41) is 9.45. The fourth-order valence-electron chi connectivity index (χ4n) is 3.77. The minimum atomic E-state index is -0.318. The van der Waals surface area contributed by atoms with Crippen molar-refractivity contribution in [2.75, 3.05) is 32.0 Å². The fourth-order valence-corrected chi connectivity index (χ4v) is 3.77. The van der Waals surface area contributed by atoms with Gasteiger partial charge in [0.2, 0.25) is 17.6 Å². The van der Waals surface area contributed by atoms with Crippen LogP contribution in [0.15, 0.2) is 53.1 Å². The summed E-state index contributed by atoms with van der Waals surface area (Å²) in [7, 11) is 1.57. The van der Waals surface area contributed by atoms with Gasteiger partial charge >= 0.3 is 0 Å². The molecule has 1 saturated heterocycles. The second-order valence-corrected chi connectivity index (χ2v) is 7.74. The number of hydrogen-bond donors (Lipinski definition) is 2. The third kappa shape index (κ3) is 5.17. The topological polar surface area (TPSA) is 100 Å². The summed E-state index contributed by atoms with van der Waals surface area (Å²) in [5.41, 5.74) is 1.86. The van der Waals surface area contributed by atoms with Gasteiger partial charge in [-0.3, -0.25) is 14.5 Å². The first kappa shape index (κ1) is 21.6. The van der Waals surface area contributed by atoms with E-state index >= 15 is 0 Å². The van der Waals surface area contributed by atoms with E-state index in [4.69, 9.17) is 4.52 Å². The highest BCUT2D eigenvalue weighted by Crippen LogP contribution is 2.27. The van der Waals surface area contributed by atoms with Crippen LogP contribution >= 0.6 is 0 Å². The molecule has 8 nitrogen and oxygen atoms in total. The number of nitrogens with zero attached hydrogens (tertiary/aromatic N) is 3. The summed E-state index contributed by atoms with van der Waals surface area (Å²) in [6, 6.07) is 12.7. The van der Waals surface area contributed by atoms with Crippen LogP contribution < -0.4 is 10.6 Å². The number of aromatic nitrogens is 2. The Bertz CT molecular complexity index is 1080. The molecule has 0 spiro atoms. The highest BCUT2D eigenvalue weighted by atomic mass is 19.1. The third-order valence-electron chi connectivity index (χ3n) is 5.42. The van der Waals surface area contributed by atoms with Crippen LogP contribution in [0.25, 0.3) is 11.4 Å². The molecular weight excluding hydrogens is 413 g/mol.